The lowest BCUT2D eigenvalue weighted by atomic mass is 9.80. The molecule has 0 saturated carbocycles. The van der Waals surface area contributed by atoms with Gasteiger partial charge in [0.15, 0.2) is 0 Å². The highest BCUT2D eigenvalue weighted by Crippen LogP contribution is 2.44. The van der Waals surface area contributed by atoms with E-state index in [1.54, 1.807) is 4.90 Å². The molecule has 0 aromatic heterocycles. The fourth-order valence-electron chi connectivity index (χ4n) is 4.90. The van der Waals surface area contributed by atoms with Gasteiger partial charge in [-0.15, -0.1) is 0 Å². The fraction of sp³-hybridized carbons (Fsp3) is 0.480. The maximum atomic E-state index is 13.0. The molecule has 2 fully saturated rings. The normalized spacial score (nSPS) is 22.8. The van der Waals surface area contributed by atoms with E-state index in [9.17, 15) is 26.4 Å². The zero-order chi connectivity index (χ0) is 25.3. The molecule has 2 saturated heterocycles. The SMILES string of the molecule is CCO[C@H]1C[C@@H](c2ccccc2)OC2(CCN(C(=O)c3ccc(S(=O)(=O)C(F)(F)F)cc3)CC2)C1. The molecule has 6 nitrogen and oxygen atoms in total. The van der Waals surface area contributed by atoms with Crippen LogP contribution in [-0.2, 0) is 19.3 Å². The van der Waals surface area contributed by atoms with Crippen molar-refractivity contribution >= 4 is 15.7 Å². The highest BCUT2D eigenvalue weighted by atomic mass is 32.2. The summed E-state index contributed by atoms with van der Waals surface area (Å²) >= 11 is 0. The number of nitrogens with zero attached hydrogens (tertiary/aromatic N) is 1. The minimum atomic E-state index is -5.45. The third kappa shape index (κ3) is 5.39. The van der Waals surface area contributed by atoms with Crippen LogP contribution in [0.4, 0.5) is 13.2 Å². The monoisotopic (exact) mass is 511 g/mol. The highest BCUT2D eigenvalue weighted by molar-refractivity contribution is 7.92. The van der Waals surface area contributed by atoms with Crippen molar-refractivity contribution in [2.75, 3.05) is 19.7 Å². The molecule has 2 aliphatic heterocycles. The number of amides is 1. The lowest BCUT2D eigenvalue weighted by Gasteiger charge is -2.48. The molecule has 4 rings (SSSR count). The Morgan fingerprint density at radius 1 is 1.09 bits per heavy atom. The average Bonchev–Trinajstić information content (AvgIpc) is 2.84. The summed E-state index contributed by atoms with van der Waals surface area (Å²) in [7, 11) is -5.45. The van der Waals surface area contributed by atoms with E-state index in [1.807, 2.05) is 37.3 Å². The van der Waals surface area contributed by atoms with Crippen LogP contribution >= 0.6 is 0 Å². The van der Waals surface area contributed by atoms with E-state index >= 15 is 0 Å². The number of likely N-dealkylation sites (tertiary alicyclic amines) is 1. The van der Waals surface area contributed by atoms with Crippen molar-refractivity contribution in [2.24, 2.45) is 0 Å². The Kier molecular flexibility index (Phi) is 7.26. The summed E-state index contributed by atoms with van der Waals surface area (Å²) in [5.41, 5.74) is -4.60. The van der Waals surface area contributed by atoms with Crippen LogP contribution in [0.1, 0.15) is 54.6 Å². The second-order valence-corrected chi connectivity index (χ2v) is 10.9. The molecule has 35 heavy (non-hydrogen) atoms. The Morgan fingerprint density at radius 2 is 1.71 bits per heavy atom. The van der Waals surface area contributed by atoms with Crippen LogP contribution in [0.5, 0.6) is 0 Å². The molecule has 0 N–H and O–H groups in total. The number of sulfone groups is 1. The predicted octanol–water partition coefficient (Wildman–Crippen LogP) is 4.91. The Balaban J connectivity index is 1.45. The summed E-state index contributed by atoms with van der Waals surface area (Å²) in [4.78, 5) is 13.7. The second kappa shape index (κ2) is 9.91. The van der Waals surface area contributed by atoms with Crippen LogP contribution in [0.15, 0.2) is 59.5 Å². The van der Waals surface area contributed by atoms with Crippen LogP contribution < -0.4 is 0 Å². The molecular weight excluding hydrogens is 483 g/mol. The number of hydrogen-bond donors (Lipinski definition) is 0. The van der Waals surface area contributed by atoms with E-state index in [0.29, 0.717) is 32.5 Å². The van der Waals surface area contributed by atoms with E-state index in [1.165, 1.54) is 0 Å². The maximum Gasteiger partial charge on any atom is 0.501 e. The molecule has 2 aromatic carbocycles. The van der Waals surface area contributed by atoms with E-state index in [4.69, 9.17) is 9.47 Å². The molecule has 2 atom stereocenters. The van der Waals surface area contributed by atoms with Crippen molar-refractivity contribution in [1.29, 1.82) is 0 Å². The molecule has 0 bridgehead atoms. The maximum absolute atomic E-state index is 13.0. The van der Waals surface area contributed by atoms with Crippen molar-refractivity contribution in [2.45, 2.75) is 60.8 Å². The summed E-state index contributed by atoms with van der Waals surface area (Å²) in [6, 6.07) is 13.9. The Bertz CT molecular complexity index is 1130. The molecule has 2 aliphatic rings. The van der Waals surface area contributed by atoms with E-state index in [-0.39, 0.29) is 23.7 Å². The van der Waals surface area contributed by atoms with Gasteiger partial charge in [0, 0.05) is 38.1 Å². The lowest BCUT2D eigenvalue weighted by molar-refractivity contribution is -0.190. The number of ether oxygens (including phenoxy) is 2. The van der Waals surface area contributed by atoms with Crippen molar-refractivity contribution in [3.8, 4) is 0 Å². The van der Waals surface area contributed by atoms with Gasteiger partial charge in [0.05, 0.1) is 22.7 Å². The third-order valence-corrected chi connectivity index (χ3v) is 8.22. The Hall–Kier alpha value is -2.43. The quantitative estimate of drug-likeness (QED) is 0.570. The highest BCUT2D eigenvalue weighted by Gasteiger charge is 2.47. The largest absolute Gasteiger partial charge is 0.501 e. The molecular formula is C25H28F3NO5S. The second-order valence-electron chi connectivity index (χ2n) is 8.98. The first kappa shape index (κ1) is 25.7. The van der Waals surface area contributed by atoms with Crippen LogP contribution in [0.2, 0.25) is 0 Å². The Morgan fingerprint density at radius 3 is 2.29 bits per heavy atom. The number of carbonyl (C=O) groups excluding carboxylic acids is 1. The van der Waals surface area contributed by atoms with Gasteiger partial charge in [-0.2, -0.15) is 13.2 Å². The van der Waals surface area contributed by atoms with Gasteiger partial charge in [0.1, 0.15) is 0 Å². The molecule has 10 heteroatoms. The van der Waals surface area contributed by atoms with Gasteiger partial charge in [0.2, 0.25) is 0 Å². The fourth-order valence-corrected chi connectivity index (χ4v) is 5.66. The number of rotatable bonds is 5. The molecule has 2 heterocycles. The van der Waals surface area contributed by atoms with Crippen molar-refractivity contribution in [3.05, 3.63) is 65.7 Å². The molecule has 1 amide bonds. The predicted molar refractivity (Wildman–Crippen MR) is 122 cm³/mol. The van der Waals surface area contributed by atoms with Crippen LogP contribution in [0.3, 0.4) is 0 Å². The van der Waals surface area contributed by atoms with Crippen molar-refractivity contribution < 1.29 is 35.9 Å². The van der Waals surface area contributed by atoms with Gasteiger partial charge >= 0.3 is 5.51 Å². The van der Waals surface area contributed by atoms with Crippen molar-refractivity contribution in [3.63, 3.8) is 0 Å². The molecule has 0 unspecified atom stereocenters. The number of carbonyl (C=O) groups is 1. The van der Waals surface area contributed by atoms with Gasteiger partial charge < -0.3 is 14.4 Å². The standard InChI is InChI=1S/C25H28F3NO5S/c1-2-33-20-16-22(18-6-4-3-5-7-18)34-24(17-20)12-14-29(15-13-24)23(30)19-8-10-21(11-9-19)35(31,32)25(26,27)28/h3-11,20,22H,2,12-17H2,1H3/t20-,22-/m0/s1. The number of alkyl halides is 3. The number of benzene rings is 2. The number of hydrogen-bond acceptors (Lipinski definition) is 5. The lowest BCUT2D eigenvalue weighted by Crippen LogP contribution is -2.52. The van der Waals surface area contributed by atoms with E-state index in [2.05, 4.69) is 0 Å². The summed E-state index contributed by atoms with van der Waals surface area (Å²) in [5.74, 6) is -0.354. The number of halogens is 3. The summed E-state index contributed by atoms with van der Waals surface area (Å²) in [6.45, 7) is 3.41. The summed E-state index contributed by atoms with van der Waals surface area (Å²) in [6.07, 6.45) is 2.64. The summed E-state index contributed by atoms with van der Waals surface area (Å²) in [5, 5.41) is 0. The first-order valence-corrected chi connectivity index (χ1v) is 13.1. The smallest absolute Gasteiger partial charge is 0.378 e. The average molecular weight is 512 g/mol. The van der Waals surface area contributed by atoms with E-state index < -0.39 is 25.8 Å². The zero-order valence-corrected chi connectivity index (χ0v) is 20.1. The molecule has 1 spiro atoms. The van der Waals surface area contributed by atoms with Gasteiger partial charge in [0.25, 0.3) is 15.7 Å². The zero-order valence-electron chi connectivity index (χ0n) is 19.3. The molecule has 0 aliphatic carbocycles. The molecule has 0 radical (unpaired) electrons. The third-order valence-electron chi connectivity index (χ3n) is 6.72. The minimum absolute atomic E-state index is 0.0457. The summed E-state index contributed by atoms with van der Waals surface area (Å²) < 4.78 is 74.0. The van der Waals surface area contributed by atoms with Gasteiger partial charge in [-0.05, 0) is 49.6 Å². The van der Waals surface area contributed by atoms with Gasteiger partial charge in [-0.3, -0.25) is 4.79 Å². The van der Waals surface area contributed by atoms with Crippen molar-refractivity contribution in [1.82, 2.24) is 4.90 Å². The minimum Gasteiger partial charge on any atom is -0.378 e. The van der Waals surface area contributed by atoms with E-state index in [0.717, 1.165) is 42.7 Å². The number of piperidine rings is 1. The molecule has 2 aromatic rings. The van der Waals surface area contributed by atoms with Crippen LogP contribution in [-0.4, -0.2) is 56.1 Å². The van der Waals surface area contributed by atoms with Crippen LogP contribution in [0, 0.1) is 0 Å². The van der Waals surface area contributed by atoms with Gasteiger partial charge in [-0.1, -0.05) is 30.3 Å². The van der Waals surface area contributed by atoms with Crippen LogP contribution in [0.25, 0.3) is 0 Å². The Labute approximate surface area is 202 Å². The first-order chi connectivity index (χ1) is 16.5. The topological polar surface area (TPSA) is 72.9 Å². The van der Waals surface area contributed by atoms with Gasteiger partial charge in [-0.25, -0.2) is 8.42 Å². The first-order valence-electron chi connectivity index (χ1n) is 11.6. The molecule has 190 valence electrons.